The number of amides is 1. The molecule has 24 heavy (non-hydrogen) atoms. The summed E-state index contributed by atoms with van der Waals surface area (Å²) in [6.45, 7) is 0. The fourth-order valence-corrected chi connectivity index (χ4v) is 2.26. The first-order chi connectivity index (χ1) is 11.7. The van der Waals surface area contributed by atoms with Gasteiger partial charge in [0.1, 0.15) is 5.75 Å². The molecule has 2 aromatic carbocycles. The molecule has 0 bridgehead atoms. The summed E-state index contributed by atoms with van der Waals surface area (Å²) in [6.07, 6.45) is 3.36. The van der Waals surface area contributed by atoms with Gasteiger partial charge in [0.2, 0.25) is 0 Å². The molecule has 1 heterocycles. The highest BCUT2D eigenvalue weighted by Gasteiger charge is 2.12. The van der Waals surface area contributed by atoms with Gasteiger partial charge in [0.15, 0.2) is 0 Å². The van der Waals surface area contributed by atoms with Crippen molar-refractivity contribution in [1.82, 2.24) is 4.98 Å². The van der Waals surface area contributed by atoms with E-state index in [1.54, 1.807) is 54.9 Å². The van der Waals surface area contributed by atoms with Gasteiger partial charge in [-0.3, -0.25) is 9.78 Å². The van der Waals surface area contributed by atoms with Gasteiger partial charge in [0.25, 0.3) is 5.91 Å². The predicted octanol–water partition coefficient (Wildman–Crippen LogP) is 3.58. The first kappa shape index (κ1) is 15.3. The Balaban J connectivity index is 1.81. The smallest absolute Gasteiger partial charge is 0.259 e. The lowest BCUT2D eigenvalue weighted by atomic mass is 10.0. The number of carbonyl (C=O) groups excluding carboxylic acids is 1. The number of benzene rings is 2. The minimum atomic E-state index is -0.421. The number of aromatic nitrogens is 1. The number of nitrogens with zero attached hydrogens (tertiary/aromatic N) is 2. The van der Waals surface area contributed by atoms with Crippen LogP contribution in [0.3, 0.4) is 0 Å². The van der Waals surface area contributed by atoms with E-state index >= 15 is 0 Å². The normalized spacial score (nSPS) is 9.96. The number of rotatable bonds is 3. The van der Waals surface area contributed by atoms with Gasteiger partial charge in [-0.15, -0.1) is 0 Å². The van der Waals surface area contributed by atoms with Crippen LogP contribution >= 0.6 is 0 Å². The first-order valence-electron chi connectivity index (χ1n) is 7.22. The minimum absolute atomic E-state index is 0.109. The van der Waals surface area contributed by atoms with Crippen molar-refractivity contribution in [3.8, 4) is 22.9 Å². The third kappa shape index (κ3) is 3.23. The summed E-state index contributed by atoms with van der Waals surface area (Å²) < 4.78 is 0. The number of carbonyl (C=O) groups is 1. The highest BCUT2D eigenvalue weighted by molar-refractivity contribution is 6.06. The lowest BCUT2D eigenvalue weighted by Gasteiger charge is -2.09. The lowest BCUT2D eigenvalue weighted by Crippen LogP contribution is -2.12. The molecule has 0 fully saturated rings. The summed E-state index contributed by atoms with van der Waals surface area (Å²) in [7, 11) is 0. The summed E-state index contributed by atoms with van der Waals surface area (Å²) in [4.78, 5) is 16.3. The Hall–Kier alpha value is -3.65. The molecule has 116 valence electrons. The molecule has 0 saturated carbocycles. The van der Waals surface area contributed by atoms with Crippen LogP contribution in [0, 0.1) is 11.3 Å². The summed E-state index contributed by atoms with van der Waals surface area (Å²) in [5.41, 5.74) is 2.86. The van der Waals surface area contributed by atoms with Gasteiger partial charge in [0.05, 0.1) is 17.2 Å². The molecule has 1 aromatic heterocycles. The molecular formula is C19H13N3O2. The zero-order chi connectivity index (χ0) is 16.9. The highest BCUT2D eigenvalue weighted by Crippen LogP contribution is 2.26. The third-order valence-electron chi connectivity index (χ3n) is 3.51. The van der Waals surface area contributed by atoms with Crippen molar-refractivity contribution in [3.05, 3.63) is 78.1 Å². The van der Waals surface area contributed by atoms with Crippen LogP contribution in [0.25, 0.3) is 11.1 Å². The standard InChI is InChI=1S/C19H13N3O2/c20-11-13-3-6-16(7-4-13)22-19(24)17-8-5-14(10-18(17)23)15-2-1-9-21-12-15/h1-10,12,23H,(H,22,24). The van der Waals surface area contributed by atoms with Gasteiger partial charge < -0.3 is 10.4 Å². The number of hydrogen-bond acceptors (Lipinski definition) is 4. The Morgan fingerprint density at radius 3 is 2.50 bits per heavy atom. The molecule has 0 spiro atoms. The monoisotopic (exact) mass is 315 g/mol. The average Bonchev–Trinajstić information content (AvgIpc) is 2.63. The molecule has 0 atom stereocenters. The van der Waals surface area contributed by atoms with Crippen LogP contribution < -0.4 is 5.32 Å². The van der Waals surface area contributed by atoms with Crippen LogP contribution in [0.2, 0.25) is 0 Å². The number of anilines is 1. The van der Waals surface area contributed by atoms with Crippen LogP contribution in [0.15, 0.2) is 67.0 Å². The van der Waals surface area contributed by atoms with Crippen molar-refractivity contribution in [2.24, 2.45) is 0 Å². The van der Waals surface area contributed by atoms with Crippen LogP contribution in [-0.2, 0) is 0 Å². The summed E-state index contributed by atoms with van der Waals surface area (Å²) in [5.74, 6) is -0.530. The van der Waals surface area contributed by atoms with Crippen molar-refractivity contribution in [3.63, 3.8) is 0 Å². The van der Waals surface area contributed by atoms with Crippen molar-refractivity contribution < 1.29 is 9.90 Å². The molecule has 0 aliphatic rings. The van der Waals surface area contributed by atoms with Crippen molar-refractivity contribution >= 4 is 11.6 Å². The molecule has 0 aliphatic heterocycles. The fourth-order valence-electron chi connectivity index (χ4n) is 2.26. The Morgan fingerprint density at radius 2 is 1.88 bits per heavy atom. The molecular weight excluding hydrogens is 302 g/mol. The van der Waals surface area contributed by atoms with E-state index in [9.17, 15) is 9.90 Å². The number of hydrogen-bond donors (Lipinski definition) is 2. The van der Waals surface area contributed by atoms with Crippen molar-refractivity contribution in [1.29, 1.82) is 5.26 Å². The minimum Gasteiger partial charge on any atom is -0.507 e. The van der Waals surface area contributed by atoms with E-state index in [0.29, 0.717) is 11.3 Å². The second-order valence-electron chi connectivity index (χ2n) is 5.12. The molecule has 3 aromatic rings. The van der Waals surface area contributed by atoms with Gasteiger partial charge in [-0.1, -0.05) is 12.1 Å². The molecule has 0 saturated heterocycles. The second kappa shape index (κ2) is 6.63. The summed E-state index contributed by atoms with van der Waals surface area (Å²) in [5, 5.41) is 21.6. The lowest BCUT2D eigenvalue weighted by molar-refractivity contribution is 0.102. The van der Waals surface area contributed by atoms with Crippen LogP contribution in [0.1, 0.15) is 15.9 Å². The Morgan fingerprint density at radius 1 is 1.08 bits per heavy atom. The van der Waals surface area contributed by atoms with Gasteiger partial charge >= 0.3 is 0 Å². The van der Waals surface area contributed by atoms with Gasteiger partial charge in [-0.25, -0.2) is 0 Å². The molecule has 1 amide bonds. The maximum atomic E-state index is 12.3. The van der Waals surface area contributed by atoms with E-state index < -0.39 is 5.91 Å². The van der Waals surface area contributed by atoms with E-state index in [-0.39, 0.29) is 11.3 Å². The Kier molecular flexibility index (Phi) is 4.21. The summed E-state index contributed by atoms with van der Waals surface area (Å²) >= 11 is 0. The van der Waals surface area contributed by atoms with E-state index in [0.717, 1.165) is 11.1 Å². The summed E-state index contributed by atoms with van der Waals surface area (Å²) in [6, 6.07) is 17.0. The highest BCUT2D eigenvalue weighted by atomic mass is 16.3. The second-order valence-corrected chi connectivity index (χ2v) is 5.12. The van der Waals surface area contributed by atoms with Crippen molar-refractivity contribution in [2.75, 3.05) is 5.32 Å². The van der Waals surface area contributed by atoms with Crippen molar-refractivity contribution in [2.45, 2.75) is 0 Å². The maximum Gasteiger partial charge on any atom is 0.259 e. The van der Waals surface area contributed by atoms with E-state index in [1.165, 1.54) is 6.07 Å². The molecule has 0 unspecified atom stereocenters. The average molecular weight is 315 g/mol. The van der Waals surface area contributed by atoms with E-state index in [2.05, 4.69) is 10.3 Å². The molecule has 0 radical (unpaired) electrons. The Bertz CT molecular complexity index is 914. The maximum absolute atomic E-state index is 12.3. The molecule has 3 rings (SSSR count). The predicted molar refractivity (Wildman–Crippen MR) is 90.4 cm³/mol. The first-order valence-corrected chi connectivity index (χ1v) is 7.22. The van der Waals surface area contributed by atoms with Gasteiger partial charge in [-0.2, -0.15) is 5.26 Å². The zero-order valence-electron chi connectivity index (χ0n) is 12.6. The number of nitriles is 1. The largest absolute Gasteiger partial charge is 0.507 e. The third-order valence-corrected chi connectivity index (χ3v) is 3.51. The van der Waals surface area contributed by atoms with E-state index in [1.807, 2.05) is 12.1 Å². The molecule has 5 heteroatoms. The van der Waals surface area contributed by atoms with Crippen LogP contribution in [0.4, 0.5) is 5.69 Å². The van der Waals surface area contributed by atoms with Gasteiger partial charge in [0, 0.05) is 23.6 Å². The Labute approximate surface area is 138 Å². The van der Waals surface area contributed by atoms with Gasteiger partial charge in [-0.05, 0) is 48.0 Å². The zero-order valence-corrected chi connectivity index (χ0v) is 12.6. The molecule has 5 nitrogen and oxygen atoms in total. The number of pyridine rings is 1. The molecule has 2 N–H and O–H groups in total. The quantitative estimate of drug-likeness (QED) is 0.773. The number of nitrogens with one attached hydrogen (secondary N) is 1. The fraction of sp³-hybridized carbons (Fsp3) is 0. The molecule has 0 aliphatic carbocycles. The van der Waals surface area contributed by atoms with Crippen LogP contribution in [0.5, 0.6) is 5.75 Å². The number of phenols is 1. The van der Waals surface area contributed by atoms with E-state index in [4.69, 9.17) is 5.26 Å². The topological polar surface area (TPSA) is 86.0 Å². The number of aromatic hydroxyl groups is 1. The number of phenolic OH excluding ortho intramolecular Hbond substituents is 1. The van der Waals surface area contributed by atoms with Crippen LogP contribution in [-0.4, -0.2) is 16.0 Å². The SMILES string of the molecule is N#Cc1ccc(NC(=O)c2ccc(-c3cccnc3)cc2O)cc1.